The van der Waals surface area contributed by atoms with Crippen molar-refractivity contribution < 1.29 is 19.1 Å². The monoisotopic (exact) mass is 360 g/mol. The zero-order valence-electron chi connectivity index (χ0n) is 12.7. The molecule has 0 bridgehead atoms. The van der Waals surface area contributed by atoms with Gasteiger partial charge < -0.3 is 10.1 Å². The van der Waals surface area contributed by atoms with Crippen LogP contribution in [0.2, 0.25) is 10.0 Å². The first-order valence-electron chi connectivity index (χ1n) is 7.09. The van der Waals surface area contributed by atoms with Gasteiger partial charge in [-0.3, -0.25) is 14.9 Å². The van der Waals surface area contributed by atoms with Crippen LogP contribution in [-0.2, 0) is 20.7 Å². The minimum Gasteiger partial charge on any atom is -0.455 e. The predicted molar refractivity (Wildman–Crippen MR) is 87.6 cm³/mol. The number of esters is 1. The number of urea groups is 1. The van der Waals surface area contributed by atoms with E-state index in [2.05, 4.69) is 10.6 Å². The smallest absolute Gasteiger partial charge is 0.321 e. The molecule has 0 saturated carbocycles. The van der Waals surface area contributed by atoms with E-state index in [4.69, 9.17) is 27.9 Å². The average molecular weight is 361 g/mol. The molecule has 0 heterocycles. The van der Waals surface area contributed by atoms with E-state index in [9.17, 15) is 14.4 Å². The molecule has 1 aromatic carbocycles. The number of benzene rings is 1. The van der Waals surface area contributed by atoms with Gasteiger partial charge in [-0.1, -0.05) is 42.6 Å². The highest BCUT2D eigenvalue weighted by atomic mass is 35.5. The van der Waals surface area contributed by atoms with Crippen molar-refractivity contribution in [2.75, 3.05) is 13.2 Å². The van der Waals surface area contributed by atoms with Gasteiger partial charge in [-0.25, -0.2) is 4.79 Å². The summed E-state index contributed by atoms with van der Waals surface area (Å²) in [4.78, 5) is 34.4. The van der Waals surface area contributed by atoms with Gasteiger partial charge in [-0.05, 0) is 24.1 Å². The number of imide groups is 1. The van der Waals surface area contributed by atoms with Crippen LogP contribution < -0.4 is 10.6 Å². The van der Waals surface area contributed by atoms with Crippen molar-refractivity contribution >= 4 is 41.1 Å². The molecule has 0 atom stereocenters. The molecule has 0 aliphatic carbocycles. The second kappa shape index (κ2) is 10.1. The first-order chi connectivity index (χ1) is 10.9. The summed E-state index contributed by atoms with van der Waals surface area (Å²) in [6, 6.07) is 4.11. The highest BCUT2D eigenvalue weighted by molar-refractivity contribution is 6.35. The van der Waals surface area contributed by atoms with Crippen LogP contribution in [0.3, 0.4) is 0 Å². The molecule has 3 amide bonds. The Morgan fingerprint density at radius 2 is 1.96 bits per heavy atom. The van der Waals surface area contributed by atoms with Gasteiger partial charge in [-0.2, -0.15) is 0 Å². The van der Waals surface area contributed by atoms with Crippen molar-refractivity contribution in [1.29, 1.82) is 0 Å². The number of amides is 3. The Morgan fingerprint density at radius 3 is 2.61 bits per heavy atom. The van der Waals surface area contributed by atoms with Crippen LogP contribution in [-0.4, -0.2) is 31.1 Å². The summed E-state index contributed by atoms with van der Waals surface area (Å²) in [7, 11) is 0. The molecule has 8 heteroatoms. The molecule has 2 N–H and O–H groups in total. The molecule has 0 aliphatic heterocycles. The Kier molecular flexibility index (Phi) is 8.43. The molecule has 0 aliphatic rings. The van der Waals surface area contributed by atoms with E-state index in [-0.39, 0.29) is 6.42 Å². The summed E-state index contributed by atoms with van der Waals surface area (Å²) >= 11 is 11.7. The highest BCUT2D eigenvalue weighted by Crippen LogP contribution is 2.21. The Hall–Kier alpha value is -1.79. The maximum Gasteiger partial charge on any atom is 0.321 e. The summed E-state index contributed by atoms with van der Waals surface area (Å²) in [5.41, 5.74) is 0.541. The van der Waals surface area contributed by atoms with Crippen LogP contribution in [0.1, 0.15) is 25.3 Å². The number of halogens is 2. The second-order valence-corrected chi connectivity index (χ2v) is 5.57. The van der Waals surface area contributed by atoms with Crippen LogP contribution in [0.5, 0.6) is 0 Å². The predicted octanol–water partition coefficient (Wildman–Crippen LogP) is 2.71. The van der Waals surface area contributed by atoms with Gasteiger partial charge in [-0.15, -0.1) is 0 Å². The maximum atomic E-state index is 11.7. The first kappa shape index (κ1) is 19.3. The van der Waals surface area contributed by atoms with E-state index in [0.717, 1.165) is 12.8 Å². The van der Waals surface area contributed by atoms with E-state index < -0.39 is 24.5 Å². The van der Waals surface area contributed by atoms with Crippen LogP contribution in [0, 0.1) is 0 Å². The lowest BCUT2D eigenvalue weighted by molar-refractivity contribution is -0.147. The fourth-order valence-corrected chi connectivity index (χ4v) is 2.08. The highest BCUT2D eigenvalue weighted by Gasteiger charge is 2.12. The summed E-state index contributed by atoms with van der Waals surface area (Å²) in [5, 5.41) is 5.38. The third-order valence-electron chi connectivity index (χ3n) is 2.78. The summed E-state index contributed by atoms with van der Waals surface area (Å²) in [6.45, 7) is 1.92. The topological polar surface area (TPSA) is 84.5 Å². The summed E-state index contributed by atoms with van der Waals surface area (Å²) in [5.74, 6) is -1.33. The number of carbonyl (C=O) groups is 3. The van der Waals surface area contributed by atoms with Crippen molar-refractivity contribution in [3.8, 4) is 0 Å². The minimum absolute atomic E-state index is 0.0913. The molecule has 23 heavy (non-hydrogen) atoms. The number of ether oxygens (including phenoxy) is 1. The Labute approximate surface area is 144 Å². The zero-order chi connectivity index (χ0) is 17.2. The fraction of sp³-hybridized carbons (Fsp3) is 0.400. The molecule has 0 saturated heterocycles. The van der Waals surface area contributed by atoms with E-state index in [1.54, 1.807) is 12.1 Å². The molecule has 6 nitrogen and oxygen atoms in total. The van der Waals surface area contributed by atoms with E-state index >= 15 is 0 Å². The summed E-state index contributed by atoms with van der Waals surface area (Å²) < 4.78 is 4.80. The first-order valence-corrected chi connectivity index (χ1v) is 7.85. The molecule has 0 spiro atoms. The Balaban J connectivity index is 2.32. The molecule has 1 rings (SSSR count). The van der Waals surface area contributed by atoms with Gasteiger partial charge in [0, 0.05) is 16.6 Å². The normalized spacial score (nSPS) is 10.0. The van der Waals surface area contributed by atoms with E-state index in [0.29, 0.717) is 22.2 Å². The number of hydrogen-bond acceptors (Lipinski definition) is 4. The number of nitrogens with one attached hydrogen (secondary N) is 2. The number of unbranched alkanes of at least 4 members (excludes halogenated alkanes) is 1. The van der Waals surface area contributed by atoms with Crippen molar-refractivity contribution in [2.24, 2.45) is 0 Å². The lowest BCUT2D eigenvalue weighted by Gasteiger charge is -2.08. The molecule has 0 fully saturated rings. The van der Waals surface area contributed by atoms with Crippen molar-refractivity contribution in [3.63, 3.8) is 0 Å². The fourth-order valence-electron chi connectivity index (χ4n) is 1.60. The molecule has 0 aromatic heterocycles. The lowest BCUT2D eigenvalue weighted by Crippen LogP contribution is -2.41. The lowest BCUT2D eigenvalue weighted by atomic mass is 10.1. The largest absolute Gasteiger partial charge is 0.455 e. The molecule has 126 valence electrons. The van der Waals surface area contributed by atoms with Crippen LogP contribution in [0.25, 0.3) is 0 Å². The zero-order valence-corrected chi connectivity index (χ0v) is 14.2. The number of rotatable bonds is 7. The molecule has 0 unspecified atom stereocenters. The average Bonchev–Trinajstić information content (AvgIpc) is 2.48. The number of hydrogen-bond donors (Lipinski definition) is 2. The van der Waals surface area contributed by atoms with Gasteiger partial charge in [0.2, 0.25) is 0 Å². The minimum atomic E-state index is -0.699. The SMILES string of the molecule is CCCCNC(=O)NC(=O)COC(=O)Cc1ccc(Cl)cc1Cl. The third kappa shape index (κ3) is 7.85. The van der Waals surface area contributed by atoms with Gasteiger partial charge >= 0.3 is 12.0 Å². The standard InChI is InChI=1S/C15H18Cl2N2O4/c1-2-3-6-18-15(22)19-13(20)9-23-14(21)7-10-4-5-11(16)8-12(10)17/h4-5,8H,2-3,6-7,9H2,1H3,(H2,18,19,20,22). The van der Waals surface area contributed by atoms with Crippen LogP contribution >= 0.6 is 23.2 Å². The van der Waals surface area contributed by atoms with E-state index in [1.807, 2.05) is 6.92 Å². The van der Waals surface area contributed by atoms with Gasteiger partial charge in [0.05, 0.1) is 6.42 Å². The summed E-state index contributed by atoms with van der Waals surface area (Å²) in [6.07, 6.45) is 1.66. The van der Waals surface area contributed by atoms with Crippen LogP contribution in [0.4, 0.5) is 4.79 Å². The van der Waals surface area contributed by atoms with Crippen LogP contribution in [0.15, 0.2) is 18.2 Å². The molecule has 1 aromatic rings. The van der Waals surface area contributed by atoms with Gasteiger partial charge in [0.15, 0.2) is 6.61 Å². The number of carbonyl (C=O) groups excluding carboxylic acids is 3. The Morgan fingerprint density at radius 1 is 1.22 bits per heavy atom. The van der Waals surface area contributed by atoms with Gasteiger partial charge in [0.1, 0.15) is 0 Å². The van der Waals surface area contributed by atoms with Gasteiger partial charge in [0.25, 0.3) is 5.91 Å². The van der Waals surface area contributed by atoms with Crippen molar-refractivity contribution in [3.05, 3.63) is 33.8 Å². The van der Waals surface area contributed by atoms with E-state index in [1.165, 1.54) is 6.07 Å². The molecular weight excluding hydrogens is 343 g/mol. The molecular formula is C15H18Cl2N2O4. The maximum absolute atomic E-state index is 11.7. The Bertz CT molecular complexity index is 579. The van der Waals surface area contributed by atoms with Crippen molar-refractivity contribution in [1.82, 2.24) is 10.6 Å². The second-order valence-electron chi connectivity index (χ2n) is 4.73. The third-order valence-corrected chi connectivity index (χ3v) is 3.37. The quantitative estimate of drug-likeness (QED) is 0.578. The van der Waals surface area contributed by atoms with Crippen molar-refractivity contribution in [2.45, 2.75) is 26.2 Å². The molecule has 0 radical (unpaired) electrons.